The van der Waals surface area contributed by atoms with Crippen LogP contribution in [0, 0.1) is 0 Å². The molecule has 0 atom stereocenters. The second-order valence-electron chi connectivity index (χ2n) is 5.59. The zero-order valence-corrected chi connectivity index (χ0v) is 17.5. The molecule has 27 heavy (non-hydrogen) atoms. The Kier molecular flexibility index (Phi) is 7.42. The molecule has 4 nitrogen and oxygen atoms in total. The summed E-state index contributed by atoms with van der Waals surface area (Å²) < 4.78 is 37.7. The number of thiazole rings is 1. The van der Waals surface area contributed by atoms with E-state index in [2.05, 4.69) is 38.8 Å². The smallest absolute Gasteiger partial charge is 0.352 e. The molecule has 0 spiro atoms. The molecule has 9 heteroatoms. The van der Waals surface area contributed by atoms with Gasteiger partial charge in [-0.2, -0.15) is 13.2 Å². The van der Waals surface area contributed by atoms with Crippen LogP contribution in [0.1, 0.15) is 16.3 Å². The number of hydrogen-bond acceptors (Lipinski definition) is 3. The van der Waals surface area contributed by atoms with Crippen molar-refractivity contribution in [2.24, 2.45) is 4.99 Å². The Morgan fingerprint density at radius 3 is 2.44 bits per heavy atom. The molecule has 0 amide bonds. The van der Waals surface area contributed by atoms with Gasteiger partial charge in [0, 0.05) is 19.0 Å². The fourth-order valence-corrected chi connectivity index (χ4v) is 3.18. The molecule has 0 aliphatic heterocycles. The molecule has 0 radical (unpaired) electrons. The molecule has 0 saturated heterocycles. The van der Waals surface area contributed by atoms with Crippen molar-refractivity contribution in [2.75, 3.05) is 7.05 Å². The Hall–Kier alpha value is -1.88. The van der Waals surface area contributed by atoms with Gasteiger partial charge in [0.25, 0.3) is 0 Å². The van der Waals surface area contributed by atoms with Gasteiger partial charge in [0.05, 0.1) is 6.54 Å². The lowest BCUT2D eigenvalue weighted by Crippen LogP contribution is -2.36. The van der Waals surface area contributed by atoms with Crippen LogP contribution in [0.4, 0.5) is 13.2 Å². The number of aliphatic imine (C=N–C) groups is 1. The second-order valence-corrected chi connectivity index (χ2v) is 6.53. The van der Waals surface area contributed by atoms with Crippen molar-refractivity contribution in [3.63, 3.8) is 0 Å². The quantitative estimate of drug-likeness (QED) is 0.304. The van der Waals surface area contributed by atoms with Crippen LogP contribution in [0.3, 0.4) is 0 Å². The molecule has 2 N–H and O–H groups in total. The highest BCUT2D eigenvalue weighted by Gasteiger charge is 2.33. The largest absolute Gasteiger partial charge is 0.434 e. The first kappa shape index (κ1) is 21.4. The lowest BCUT2D eigenvalue weighted by molar-refractivity contribution is -0.140. The highest BCUT2D eigenvalue weighted by atomic mass is 127. The first-order chi connectivity index (χ1) is 12.5. The van der Waals surface area contributed by atoms with E-state index in [1.807, 2.05) is 24.3 Å². The summed E-state index contributed by atoms with van der Waals surface area (Å²) in [6.45, 7) is 0.730. The van der Waals surface area contributed by atoms with Gasteiger partial charge >= 0.3 is 6.18 Å². The minimum atomic E-state index is -4.41. The third-order valence-electron chi connectivity index (χ3n) is 3.75. The van der Waals surface area contributed by atoms with Crippen molar-refractivity contribution in [1.29, 1.82) is 0 Å². The van der Waals surface area contributed by atoms with E-state index in [-0.39, 0.29) is 30.5 Å². The van der Waals surface area contributed by atoms with E-state index in [0.717, 1.165) is 27.7 Å². The maximum Gasteiger partial charge on any atom is 0.434 e. The average Bonchev–Trinajstić information content (AvgIpc) is 3.11. The van der Waals surface area contributed by atoms with Crippen molar-refractivity contribution >= 4 is 52.0 Å². The summed E-state index contributed by atoms with van der Waals surface area (Å²) in [4.78, 5) is 7.67. The van der Waals surface area contributed by atoms with Gasteiger partial charge in [-0.3, -0.25) is 4.99 Å². The molecule has 0 aliphatic rings. The van der Waals surface area contributed by atoms with Crippen LogP contribution in [-0.4, -0.2) is 18.0 Å². The minimum Gasteiger partial charge on any atom is -0.352 e. The monoisotopic (exact) mass is 506 g/mol. The molecule has 0 bridgehead atoms. The van der Waals surface area contributed by atoms with Gasteiger partial charge in [-0.05, 0) is 22.4 Å². The fourth-order valence-electron chi connectivity index (χ4n) is 2.44. The van der Waals surface area contributed by atoms with E-state index in [1.165, 1.54) is 5.39 Å². The van der Waals surface area contributed by atoms with E-state index < -0.39 is 11.9 Å². The Morgan fingerprint density at radius 2 is 1.78 bits per heavy atom. The van der Waals surface area contributed by atoms with E-state index in [0.29, 0.717) is 17.5 Å². The number of nitrogens with zero attached hydrogens (tertiary/aromatic N) is 2. The van der Waals surface area contributed by atoms with Crippen molar-refractivity contribution in [3.8, 4) is 0 Å². The number of benzene rings is 2. The van der Waals surface area contributed by atoms with Crippen molar-refractivity contribution in [2.45, 2.75) is 19.3 Å². The molecule has 2 aromatic carbocycles. The molecule has 144 valence electrons. The van der Waals surface area contributed by atoms with E-state index in [1.54, 1.807) is 7.05 Å². The van der Waals surface area contributed by atoms with Crippen LogP contribution >= 0.6 is 35.3 Å². The van der Waals surface area contributed by atoms with Crippen LogP contribution in [0.5, 0.6) is 0 Å². The summed E-state index contributed by atoms with van der Waals surface area (Å²) in [5.41, 5.74) is 0.221. The highest BCUT2D eigenvalue weighted by molar-refractivity contribution is 14.0. The summed E-state index contributed by atoms with van der Waals surface area (Å²) in [7, 11) is 1.61. The van der Waals surface area contributed by atoms with E-state index >= 15 is 0 Å². The maximum atomic E-state index is 12.6. The molecule has 1 heterocycles. The summed E-state index contributed by atoms with van der Waals surface area (Å²) >= 11 is 0.968. The standard InChI is InChI=1S/C18H17F3N4S.HI/c1-22-17(24-10-16-25-15(11-26-16)18(19,20)21)23-9-12-6-7-13-4-2-3-5-14(13)8-12;/h2-8,11H,9-10H2,1H3,(H2,22,23,24);1H. The summed E-state index contributed by atoms with van der Waals surface area (Å²) in [5, 5.41) is 9.82. The molecule has 0 unspecified atom stereocenters. The summed E-state index contributed by atoms with van der Waals surface area (Å²) in [6, 6.07) is 14.3. The van der Waals surface area contributed by atoms with Gasteiger partial charge in [-0.25, -0.2) is 4.98 Å². The van der Waals surface area contributed by atoms with Gasteiger partial charge in [0.15, 0.2) is 11.7 Å². The molecule has 1 aromatic heterocycles. The first-order valence-electron chi connectivity index (χ1n) is 7.89. The molecular weight excluding hydrogens is 488 g/mol. The number of halogens is 4. The third-order valence-corrected chi connectivity index (χ3v) is 4.60. The number of aromatic nitrogens is 1. The molecule has 3 rings (SSSR count). The number of hydrogen-bond donors (Lipinski definition) is 2. The number of rotatable bonds is 4. The molecule has 0 saturated carbocycles. The van der Waals surface area contributed by atoms with Gasteiger partial charge in [-0.15, -0.1) is 35.3 Å². The molecule has 0 aliphatic carbocycles. The lowest BCUT2D eigenvalue weighted by atomic mass is 10.1. The average molecular weight is 506 g/mol. The number of alkyl halides is 3. The number of guanidine groups is 1. The van der Waals surface area contributed by atoms with Crippen LogP contribution in [0.2, 0.25) is 0 Å². The lowest BCUT2D eigenvalue weighted by Gasteiger charge is -2.11. The summed E-state index contributed by atoms with van der Waals surface area (Å²) in [5.74, 6) is 0.502. The third kappa shape index (κ3) is 5.80. The molecule has 0 fully saturated rings. The Morgan fingerprint density at radius 1 is 1.07 bits per heavy atom. The fraction of sp³-hybridized carbons (Fsp3) is 0.222. The van der Waals surface area contributed by atoms with Gasteiger partial charge in [0.2, 0.25) is 0 Å². The molecular formula is C18H18F3IN4S. The van der Waals surface area contributed by atoms with Crippen molar-refractivity contribution < 1.29 is 13.2 Å². The van der Waals surface area contributed by atoms with Crippen LogP contribution in [0.15, 0.2) is 52.8 Å². The number of nitrogens with one attached hydrogen (secondary N) is 2. The van der Waals surface area contributed by atoms with Crippen molar-refractivity contribution in [3.05, 3.63) is 64.1 Å². The zero-order valence-electron chi connectivity index (χ0n) is 14.4. The first-order valence-corrected chi connectivity index (χ1v) is 8.77. The minimum absolute atomic E-state index is 0. The van der Waals surface area contributed by atoms with E-state index in [9.17, 15) is 13.2 Å². The Bertz CT molecular complexity index is 924. The topological polar surface area (TPSA) is 49.3 Å². The van der Waals surface area contributed by atoms with Crippen LogP contribution in [-0.2, 0) is 19.3 Å². The maximum absolute atomic E-state index is 12.6. The predicted molar refractivity (Wildman–Crippen MR) is 114 cm³/mol. The zero-order chi connectivity index (χ0) is 18.6. The Labute approximate surface area is 175 Å². The number of fused-ring (bicyclic) bond motifs is 1. The van der Waals surface area contributed by atoms with Gasteiger partial charge in [0.1, 0.15) is 5.01 Å². The van der Waals surface area contributed by atoms with Gasteiger partial charge in [-0.1, -0.05) is 36.4 Å². The SMILES string of the molecule is CN=C(NCc1ccc2ccccc2c1)NCc1nc(C(F)(F)F)cs1.I. The second kappa shape index (κ2) is 9.36. The Balaban J connectivity index is 0.00000261. The van der Waals surface area contributed by atoms with Crippen LogP contribution < -0.4 is 10.6 Å². The highest BCUT2D eigenvalue weighted by Crippen LogP contribution is 2.29. The molecule has 3 aromatic rings. The van der Waals surface area contributed by atoms with Crippen molar-refractivity contribution in [1.82, 2.24) is 15.6 Å². The summed E-state index contributed by atoms with van der Waals surface area (Å²) in [6.07, 6.45) is -4.41. The van der Waals surface area contributed by atoms with E-state index in [4.69, 9.17) is 0 Å². The normalized spacial score (nSPS) is 11.9. The van der Waals surface area contributed by atoms with Crippen LogP contribution in [0.25, 0.3) is 10.8 Å². The predicted octanol–water partition coefficient (Wildman–Crippen LogP) is 4.80. The van der Waals surface area contributed by atoms with Gasteiger partial charge < -0.3 is 10.6 Å².